The van der Waals surface area contributed by atoms with Crippen molar-refractivity contribution in [1.82, 2.24) is 0 Å². The molecule has 2 nitrogen and oxygen atoms in total. The molecule has 0 unspecified atom stereocenters. The van der Waals surface area contributed by atoms with Gasteiger partial charge in [0.05, 0.1) is 5.60 Å². The van der Waals surface area contributed by atoms with Gasteiger partial charge in [0.15, 0.2) is 0 Å². The molecule has 14 heavy (non-hydrogen) atoms. The summed E-state index contributed by atoms with van der Waals surface area (Å²) in [6.45, 7) is 4.25. The highest BCUT2D eigenvalue weighted by molar-refractivity contribution is 5.09. The molecule has 0 aliphatic heterocycles. The van der Waals surface area contributed by atoms with Gasteiger partial charge in [-0.1, -0.05) is 18.6 Å². The molecule has 0 aromatic rings. The Balaban J connectivity index is 2.15. The van der Waals surface area contributed by atoms with Crippen molar-refractivity contribution >= 4 is 0 Å². The highest BCUT2D eigenvalue weighted by Crippen LogP contribution is 2.46. The van der Waals surface area contributed by atoms with E-state index in [-0.39, 0.29) is 6.61 Å². The first-order chi connectivity index (χ1) is 6.64. The fraction of sp³-hybridized carbons (Fsp3) is 0.833. The molecule has 2 fully saturated rings. The molecule has 0 aromatic heterocycles. The van der Waals surface area contributed by atoms with Gasteiger partial charge in [-0.3, -0.25) is 0 Å². The third-order valence-electron chi connectivity index (χ3n) is 3.93. The van der Waals surface area contributed by atoms with Crippen LogP contribution in [-0.4, -0.2) is 22.4 Å². The van der Waals surface area contributed by atoms with E-state index in [1.54, 1.807) is 0 Å². The lowest BCUT2D eigenvalue weighted by Crippen LogP contribution is -2.32. The second-order valence-corrected chi connectivity index (χ2v) is 5.11. The lowest BCUT2D eigenvalue weighted by atomic mass is 9.84. The predicted molar refractivity (Wildman–Crippen MR) is 55.9 cm³/mol. The van der Waals surface area contributed by atoms with E-state index in [0.717, 1.165) is 44.1 Å². The van der Waals surface area contributed by atoms with Crippen molar-refractivity contribution in [2.45, 2.75) is 44.1 Å². The van der Waals surface area contributed by atoms with Gasteiger partial charge in [-0.15, -0.1) is 0 Å². The van der Waals surface area contributed by atoms with Crippen LogP contribution in [0.25, 0.3) is 0 Å². The summed E-state index contributed by atoms with van der Waals surface area (Å²) in [7, 11) is 0. The van der Waals surface area contributed by atoms with Crippen molar-refractivity contribution in [3.63, 3.8) is 0 Å². The Kier molecular flexibility index (Phi) is 2.67. The highest BCUT2D eigenvalue weighted by atomic mass is 16.3. The van der Waals surface area contributed by atoms with Crippen molar-refractivity contribution in [2.75, 3.05) is 6.61 Å². The van der Waals surface area contributed by atoms with Crippen molar-refractivity contribution in [3.05, 3.63) is 12.2 Å². The molecule has 3 atom stereocenters. The second-order valence-electron chi connectivity index (χ2n) is 5.11. The van der Waals surface area contributed by atoms with Crippen LogP contribution in [0.15, 0.2) is 12.2 Å². The van der Waals surface area contributed by atoms with Crippen LogP contribution < -0.4 is 0 Å². The number of aliphatic hydroxyl groups excluding tert-OH is 1. The Morgan fingerprint density at radius 3 is 3.00 bits per heavy atom. The van der Waals surface area contributed by atoms with Gasteiger partial charge in [0.25, 0.3) is 0 Å². The van der Waals surface area contributed by atoms with Crippen LogP contribution >= 0.6 is 0 Å². The van der Waals surface area contributed by atoms with E-state index in [4.69, 9.17) is 0 Å². The molecule has 0 heterocycles. The van der Waals surface area contributed by atoms with Gasteiger partial charge in [0, 0.05) is 6.61 Å². The molecule has 0 saturated heterocycles. The number of hydrogen-bond acceptors (Lipinski definition) is 2. The van der Waals surface area contributed by atoms with Crippen LogP contribution in [0.3, 0.4) is 0 Å². The summed E-state index contributed by atoms with van der Waals surface area (Å²) < 4.78 is 0. The molecule has 0 aromatic carbocycles. The minimum atomic E-state index is -0.485. The number of hydrogen-bond donors (Lipinski definition) is 2. The molecule has 2 aliphatic carbocycles. The summed E-state index contributed by atoms with van der Waals surface area (Å²) in [6, 6.07) is 0. The lowest BCUT2D eigenvalue weighted by Gasteiger charge is -2.28. The van der Waals surface area contributed by atoms with E-state index in [1.807, 2.05) is 0 Å². The molecule has 2 N–H and O–H groups in total. The van der Waals surface area contributed by atoms with Gasteiger partial charge in [-0.05, 0) is 43.9 Å². The molecule has 0 bridgehead atoms. The third-order valence-corrected chi connectivity index (χ3v) is 3.93. The maximum Gasteiger partial charge on any atom is 0.0712 e. The Hall–Kier alpha value is -0.340. The smallest absolute Gasteiger partial charge is 0.0712 e. The molecule has 2 saturated carbocycles. The fourth-order valence-electron chi connectivity index (χ4n) is 3.24. The molecular formula is C12H20O2. The highest BCUT2D eigenvalue weighted by Gasteiger charge is 2.43. The first-order valence-corrected chi connectivity index (χ1v) is 5.64. The molecular weight excluding hydrogens is 176 g/mol. The van der Waals surface area contributed by atoms with Gasteiger partial charge in [0.1, 0.15) is 0 Å². The van der Waals surface area contributed by atoms with E-state index in [2.05, 4.69) is 6.58 Å². The van der Waals surface area contributed by atoms with Crippen LogP contribution in [0.4, 0.5) is 0 Å². The molecule has 80 valence electrons. The van der Waals surface area contributed by atoms with Crippen LogP contribution in [0.5, 0.6) is 0 Å². The summed E-state index contributed by atoms with van der Waals surface area (Å²) in [4.78, 5) is 0. The number of aliphatic hydroxyl groups is 2. The Morgan fingerprint density at radius 2 is 2.29 bits per heavy atom. The van der Waals surface area contributed by atoms with Gasteiger partial charge >= 0.3 is 0 Å². The second kappa shape index (κ2) is 3.67. The van der Waals surface area contributed by atoms with E-state index in [0.29, 0.717) is 11.8 Å². The van der Waals surface area contributed by atoms with E-state index >= 15 is 0 Å². The van der Waals surface area contributed by atoms with Crippen LogP contribution in [0, 0.1) is 11.8 Å². The Labute approximate surface area is 85.6 Å². The van der Waals surface area contributed by atoms with E-state index in [9.17, 15) is 10.2 Å². The van der Waals surface area contributed by atoms with Gasteiger partial charge < -0.3 is 10.2 Å². The maximum atomic E-state index is 10.4. The molecule has 2 rings (SSSR count). The van der Waals surface area contributed by atoms with Crippen LogP contribution in [0.1, 0.15) is 38.5 Å². The maximum absolute atomic E-state index is 10.4. The standard InChI is InChI=1S/C12H20O2/c1-9-5-10(8-13)6-11-3-2-4-12(11,14)7-9/h10-11,13-14H,1-8H2/t10-,11-,12+/m1/s1. The molecule has 2 heteroatoms. The normalized spacial score (nSPS) is 43.4. The van der Waals surface area contributed by atoms with Crippen molar-refractivity contribution in [2.24, 2.45) is 11.8 Å². The zero-order valence-electron chi connectivity index (χ0n) is 8.71. The number of rotatable bonds is 1. The zero-order valence-corrected chi connectivity index (χ0v) is 8.71. The zero-order chi connectivity index (χ0) is 10.2. The minimum absolute atomic E-state index is 0.242. The van der Waals surface area contributed by atoms with E-state index < -0.39 is 5.60 Å². The first kappa shape index (κ1) is 10.2. The Bertz CT molecular complexity index is 236. The summed E-state index contributed by atoms with van der Waals surface area (Å²) in [5.74, 6) is 0.735. The predicted octanol–water partition coefficient (Wildman–Crippen LogP) is 1.87. The molecule has 2 aliphatic rings. The number of fused-ring (bicyclic) bond motifs is 1. The largest absolute Gasteiger partial charge is 0.396 e. The average Bonchev–Trinajstić information content (AvgIpc) is 2.40. The molecule has 0 radical (unpaired) electrons. The first-order valence-electron chi connectivity index (χ1n) is 5.64. The molecule has 0 spiro atoms. The summed E-state index contributed by atoms with van der Waals surface area (Å²) in [5, 5.41) is 19.6. The third kappa shape index (κ3) is 1.73. The SMILES string of the molecule is C=C1C[C@@H](CO)C[C@H]2CCC[C@]2(O)C1. The van der Waals surface area contributed by atoms with Crippen molar-refractivity contribution < 1.29 is 10.2 Å². The summed E-state index contributed by atoms with van der Waals surface area (Å²) in [6.07, 6.45) is 5.82. The van der Waals surface area contributed by atoms with E-state index in [1.165, 1.54) is 0 Å². The monoisotopic (exact) mass is 196 g/mol. The minimum Gasteiger partial charge on any atom is -0.396 e. The van der Waals surface area contributed by atoms with Crippen LogP contribution in [-0.2, 0) is 0 Å². The topological polar surface area (TPSA) is 40.5 Å². The average molecular weight is 196 g/mol. The van der Waals surface area contributed by atoms with Crippen molar-refractivity contribution in [1.29, 1.82) is 0 Å². The summed E-state index contributed by atoms with van der Waals surface area (Å²) >= 11 is 0. The molecule has 0 amide bonds. The summed E-state index contributed by atoms with van der Waals surface area (Å²) in [5.41, 5.74) is 0.636. The van der Waals surface area contributed by atoms with Gasteiger partial charge in [-0.2, -0.15) is 0 Å². The van der Waals surface area contributed by atoms with Gasteiger partial charge in [-0.25, -0.2) is 0 Å². The lowest BCUT2D eigenvalue weighted by molar-refractivity contribution is -0.000864. The van der Waals surface area contributed by atoms with Crippen LogP contribution in [0.2, 0.25) is 0 Å². The van der Waals surface area contributed by atoms with Gasteiger partial charge in [0.2, 0.25) is 0 Å². The Morgan fingerprint density at radius 1 is 1.50 bits per heavy atom. The quantitative estimate of drug-likeness (QED) is 0.628. The fourth-order valence-corrected chi connectivity index (χ4v) is 3.24. The van der Waals surface area contributed by atoms with Crippen molar-refractivity contribution in [3.8, 4) is 0 Å².